The second-order valence-electron chi connectivity index (χ2n) is 7.49. The van der Waals surface area contributed by atoms with E-state index in [9.17, 15) is 32.7 Å². The smallest absolute Gasteiger partial charge is 0.274 e. The van der Waals surface area contributed by atoms with Gasteiger partial charge in [0.15, 0.2) is 11.4 Å². The Hall–Kier alpha value is -3.30. The molecule has 2 amide bonds. The van der Waals surface area contributed by atoms with E-state index in [-0.39, 0.29) is 17.8 Å². The SMILES string of the molecule is CN1C(=O)c2c(O)c(=O)c(C(=O)NCc3c(F)cc(F)cc3F)cn2C2CCC[C@H]21. The molecule has 1 aliphatic heterocycles. The number of nitrogens with zero attached hydrogens (tertiary/aromatic N) is 2. The molecular formula is C20H18F3N3O4. The summed E-state index contributed by atoms with van der Waals surface area (Å²) in [6.45, 7) is -0.632. The third-order valence-corrected chi connectivity index (χ3v) is 5.81. The number of carbonyl (C=O) groups is 2. The number of hydrogen-bond acceptors (Lipinski definition) is 4. The first-order chi connectivity index (χ1) is 14.2. The summed E-state index contributed by atoms with van der Waals surface area (Å²) in [6, 6.07) is 0.636. The summed E-state index contributed by atoms with van der Waals surface area (Å²) >= 11 is 0. The zero-order valence-corrected chi connectivity index (χ0v) is 15.9. The molecule has 1 aromatic carbocycles. The van der Waals surface area contributed by atoms with Crippen LogP contribution in [0.4, 0.5) is 13.2 Å². The minimum atomic E-state index is -1.18. The highest BCUT2D eigenvalue weighted by Gasteiger charge is 2.42. The Morgan fingerprint density at radius 3 is 2.47 bits per heavy atom. The van der Waals surface area contributed by atoms with Crippen molar-refractivity contribution in [1.29, 1.82) is 0 Å². The minimum absolute atomic E-state index is 0.120. The summed E-state index contributed by atoms with van der Waals surface area (Å²) < 4.78 is 42.0. The van der Waals surface area contributed by atoms with Crippen LogP contribution in [-0.2, 0) is 6.54 Å². The van der Waals surface area contributed by atoms with Gasteiger partial charge in [-0.05, 0) is 19.3 Å². The zero-order chi connectivity index (χ0) is 21.7. The molecule has 0 saturated heterocycles. The van der Waals surface area contributed by atoms with Crippen LogP contribution in [0.2, 0.25) is 0 Å². The van der Waals surface area contributed by atoms with Gasteiger partial charge in [-0.15, -0.1) is 0 Å². The number of pyridine rings is 1. The summed E-state index contributed by atoms with van der Waals surface area (Å²) in [4.78, 5) is 39.2. The van der Waals surface area contributed by atoms with E-state index in [2.05, 4.69) is 5.32 Å². The molecule has 4 rings (SSSR count). The number of aromatic nitrogens is 1. The summed E-state index contributed by atoms with van der Waals surface area (Å²) in [5.41, 5.74) is -2.27. The van der Waals surface area contributed by atoms with Gasteiger partial charge < -0.3 is 19.9 Å². The lowest BCUT2D eigenvalue weighted by Gasteiger charge is -2.38. The number of aromatic hydroxyl groups is 1. The Morgan fingerprint density at radius 2 is 1.80 bits per heavy atom. The number of carbonyl (C=O) groups excluding carboxylic acids is 2. The number of amides is 2. The highest BCUT2D eigenvalue weighted by molar-refractivity contribution is 5.99. The van der Waals surface area contributed by atoms with Crippen LogP contribution in [0.5, 0.6) is 5.75 Å². The average Bonchev–Trinajstić information content (AvgIpc) is 3.17. The predicted molar refractivity (Wildman–Crippen MR) is 98.6 cm³/mol. The van der Waals surface area contributed by atoms with E-state index in [1.807, 2.05) is 0 Å². The fourth-order valence-corrected chi connectivity index (χ4v) is 4.27. The van der Waals surface area contributed by atoms with Crippen molar-refractivity contribution in [1.82, 2.24) is 14.8 Å². The van der Waals surface area contributed by atoms with Gasteiger partial charge in [0, 0.05) is 37.5 Å². The molecule has 1 saturated carbocycles. The van der Waals surface area contributed by atoms with Crippen LogP contribution in [0, 0.1) is 17.5 Å². The molecule has 1 unspecified atom stereocenters. The Balaban J connectivity index is 1.68. The molecule has 0 spiro atoms. The van der Waals surface area contributed by atoms with Crippen molar-refractivity contribution in [3.05, 3.63) is 62.8 Å². The Labute approximate surface area is 168 Å². The maximum absolute atomic E-state index is 13.8. The van der Waals surface area contributed by atoms with E-state index in [4.69, 9.17) is 0 Å². The molecule has 1 aromatic heterocycles. The summed E-state index contributed by atoms with van der Waals surface area (Å²) in [6.07, 6.45) is 3.50. The molecule has 1 fully saturated rings. The average molecular weight is 421 g/mol. The van der Waals surface area contributed by atoms with E-state index in [1.165, 1.54) is 15.7 Å². The maximum atomic E-state index is 13.8. The first kappa shape index (κ1) is 20.0. The molecule has 0 bridgehead atoms. The lowest BCUT2D eigenvalue weighted by molar-refractivity contribution is 0.0616. The summed E-state index contributed by atoms with van der Waals surface area (Å²) in [7, 11) is 1.60. The highest BCUT2D eigenvalue weighted by atomic mass is 19.1. The Kier molecular flexibility index (Phi) is 4.79. The molecule has 7 nitrogen and oxygen atoms in total. The molecule has 2 aromatic rings. The molecule has 1 aliphatic carbocycles. The Morgan fingerprint density at radius 1 is 1.17 bits per heavy atom. The van der Waals surface area contributed by atoms with E-state index >= 15 is 0 Å². The second kappa shape index (κ2) is 7.19. The molecule has 2 N–H and O–H groups in total. The number of halogens is 3. The molecule has 158 valence electrons. The Bertz CT molecular complexity index is 1110. The summed E-state index contributed by atoms with van der Waals surface area (Å²) in [5.74, 6) is -5.80. The van der Waals surface area contributed by atoms with Crippen LogP contribution in [0.15, 0.2) is 23.1 Å². The number of benzene rings is 1. The fourth-order valence-electron chi connectivity index (χ4n) is 4.27. The van der Waals surface area contributed by atoms with Crippen LogP contribution in [0.1, 0.15) is 51.7 Å². The minimum Gasteiger partial charge on any atom is -0.503 e. The molecule has 2 atom stereocenters. The second-order valence-corrected chi connectivity index (χ2v) is 7.49. The highest BCUT2D eigenvalue weighted by Crippen LogP contribution is 2.39. The lowest BCUT2D eigenvalue weighted by atomic mass is 10.0. The van der Waals surface area contributed by atoms with Crippen LogP contribution >= 0.6 is 0 Å². The van der Waals surface area contributed by atoms with E-state index in [0.29, 0.717) is 18.6 Å². The number of likely N-dealkylation sites (N-methyl/N-ethyl adjacent to an activating group) is 1. The van der Waals surface area contributed by atoms with Gasteiger partial charge in [0.05, 0.1) is 12.1 Å². The van der Waals surface area contributed by atoms with E-state index < -0.39 is 58.1 Å². The van der Waals surface area contributed by atoms with Gasteiger partial charge >= 0.3 is 0 Å². The standard InChI is InChI=1S/C20H18F3N3O4/c1-25-14-3-2-4-15(14)26-8-11(17(27)18(28)16(26)20(25)30)19(29)24-7-10-12(22)5-9(21)6-13(10)23/h5-6,8,14-15,28H,2-4,7H2,1H3,(H,24,29)/t14-,15?/m1/s1. The lowest BCUT2D eigenvalue weighted by Crippen LogP contribution is -2.47. The quantitative estimate of drug-likeness (QED) is 0.794. The van der Waals surface area contributed by atoms with Crippen LogP contribution in [-0.4, -0.2) is 39.5 Å². The number of rotatable bonds is 3. The van der Waals surface area contributed by atoms with Crippen molar-refractivity contribution in [2.75, 3.05) is 7.05 Å². The van der Waals surface area contributed by atoms with Gasteiger partial charge in [-0.3, -0.25) is 14.4 Å². The molecular weight excluding hydrogens is 403 g/mol. The van der Waals surface area contributed by atoms with Gasteiger partial charge in [0.1, 0.15) is 23.0 Å². The van der Waals surface area contributed by atoms with Crippen LogP contribution in [0.3, 0.4) is 0 Å². The molecule has 2 aliphatic rings. The van der Waals surface area contributed by atoms with Gasteiger partial charge in [0.25, 0.3) is 11.8 Å². The number of nitrogens with one attached hydrogen (secondary N) is 1. The molecule has 0 radical (unpaired) electrons. The molecule has 30 heavy (non-hydrogen) atoms. The monoisotopic (exact) mass is 421 g/mol. The predicted octanol–water partition coefficient (Wildman–Crippen LogP) is 2.08. The third-order valence-electron chi connectivity index (χ3n) is 5.81. The van der Waals surface area contributed by atoms with E-state index in [0.717, 1.165) is 12.8 Å². The van der Waals surface area contributed by atoms with Gasteiger partial charge in [-0.2, -0.15) is 0 Å². The van der Waals surface area contributed by atoms with Crippen molar-refractivity contribution in [2.45, 2.75) is 37.9 Å². The van der Waals surface area contributed by atoms with Crippen LogP contribution < -0.4 is 10.7 Å². The first-order valence-corrected chi connectivity index (χ1v) is 9.37. The zero-order valence-electron chi connectivity index (χ0n) is 15.9. The van der Waals surface area contributed by atoms with Gasteiger partial charge in [-0.25, -0.2) is 13.2 Å². The van der Waals surface area contributed by atoms with Crippen molar-refractivity contribution in [2.24, 2.45) is 0 Å². The third kappa shape index (κ3) is 3.03. The van der Waals surface area contributed by atoms with Crippen molar-refractivity contribution >= 4 is 11.8 Å². The van der Waals surface area contributed by atoms with E-state index in [1.54, 1.807) is 7.05 Å². The number of fused-ring (bicyclic) bond motifs is 3. The van der Waals surface area contributed by atoms with Gasteiger partial charge in [0.2, 0.25) is 5.43 Å². The van der Waals surface area contributed by atoms with Gasteiger partial charge in [-0.1, -0.05) is 0 Å². The molecule has 2 heterocycles. The maximum Gasteiger partial charge on any atom is 0.274 e. The molecule has 10 heteroatoms. The first-order valence-electron chi connectivity index (χ1n) is 9.37. The largest absolute Gasteiger partial charge is 0.503 e. The number of hydrogen-bond donors (Lipinski definition) is 2. The van der Waals surface area contributed by atoms with Crippen molar-refractivity contribution in [3.63, 3.8) is 0 Å². The van der Waals surface area contributed by atoms with Crippen molar-refractivity contribution in [3.8, 4) is 5.75 Å². The topological polar surface area (TPSA) is 91.6 Å². The van der Waals surface area contributed by atoms with Crippen molar-refractivity contribution < 1.29 is 27.9 Å². The normalized spacial score (nSPS) is 20.1. The van der Waals surface area contributed by atoms with Crippen LogP contribution in [0.25, 0.3) is 0 Å². The summed E-state index contributed by atoms with van der Waals surface area (Å²) in [5, 5.41) is 12.6. The fraction of sp³-hybridized carbons (Fsp3) is 0.350.